The fourth-order valence-corrected chi connectivity index (χ4v) is 2.22. The normalized spacial score (nSPS) is 15.9. The van der Waals surface area contributed by atoms with Crippen LogP contribution in [0.3, 0.4) is 0 Å². The first-order chi connectivity index (χ1) is 8.31. The van der Waals surface area contributed by atoms with Gasteiger partial charge in [-0.25, -0.2) is 10.8 Å². The van der Waals surface area contributed by atoms with E-state index in [0.717, 1.165) is 30.5 Å². The molecule has 1 aliphatic carbocycles. The summed E-state index contributed by atoms with van der Waals surface area (Å²) < 4.78 is 0. The molecule has 4 nitrogen and oxygen atoms in total. The molecule has 2 rings (SSSR count). The summed E-state index contributed by atoms with van der Waals surface area (Å²) in [6.45, 7) is 5.42. The van der Waals surface area contributed by atoms with Crippen LogP contribution < -0.4 is 11.3 Å². The number of nitrogens with two attached hydrogens (primary N) is 1. The summed E-state index contributed by atoms with van der Waals surface area (Å²) in [4.78, 5) is 6.92. The van der Waals surface area contributed by atoms with Crippen LogP contribution in [0.2, 0.25) is 0 Å². The molecule has 0 unspecified atom stereocenters. The van der Waals surface area contributed by atoms with Gasteiger partial charge in [-0.15, -0.1) is 0 Å². The van der Waals surface area contributed by atoms with Crippen molar-refractivity contribution in [1.82, 2.24) is 9.88 Å². The van der Waals surface area contributed by atoms with Gasteiger partial charge in [-0.1, -0.05) is 19.4 Å². The molecule has 1 fully saturated rings. The molecular formula is C13H22N4. The van der Waals surface area contributed by atoms with E-state index in [9.17, 15) is 0 Å². The zero-order valence-electron chi connectivity index (χ0n) is 10.5. The SMILES string of the molecule is CCN(Cc1cccc(NN)n1)CC1CCC1. The molecule has 0 radical (unpaired) electrons. The highest BCUT2D eigenvalue weighted by molar-refractivity contribution is 5.33. The van der Waals surface area contributed by atoms with Gasteiger partial charge in [0.15, 0.2) is 0 Å². The Morgan fingerprint density at radius 1 is 1.47 bits per heavy atom. The van der Waals surface area contributed by atoms with Crippen LogP contribution in [-0.2, 0) is 6.54 Å². The number of hydrazine groups is 1. The fraction of sp³-hybridized carbons (Fsp3) is 0.615. The fourth-order valence-electron chi connectivity index (χ4n) is 2.22. The first-order valence-electron chi connectivity index (χ1n) is 6.46. The summed E-state index contributed by atoms with van der Waals surface area (Å²) in [5, 5.41) is 0. The van der Waals surface area contributed by atoms with E-state index < -0.39 is 0 Å². The number of nitrogen functional groups attached to an aromatic ring is 1. The van der Waals surface area contributed by atoms with Crippen LogP contribution >= 0.6 is 0 Å². The molecule has 3 N–H and O–H groups in total. The minimum Gasteiger partial charge on any atom is -0.308 e. The Morgan fingerprint density at radius 2 is 2.29 bits per heavy atom. The predicted molar refractivity (Wildman–Crippen MR) is 70.3 cm³/mol. The Morgan fingerprint density at radius 3 is 2.88 bits per heavy atom. The third-order valence-electron chi connectivity index (χ3n) is 3.53. The van der Waals surface area contributed by atoms with Gasteiger partial charge in [0.1, 0.15) is 5.82 Å². The molecule has 94 valence electrons. The lowest BCUT2D eigenvalue weighted by atomic mass is 9.85. The van der Waals surface area contributed by atoms with Gasteiger partial charge in [-0.2, -0.15) is 0 Å². The number of nitrogens with one attached hydrogen (secondary N) is 1. The van der Waals surface area contributed by atoms with Crippen LogP contribution in [-0.4, -0.2) is 23.0 Å². The van der Waals surface area contributed by atoms with Gasteiger partial charge in [0.25, 0.3) is 0 Å². The van der Waals surface area contributed by atoms with Crippen molar-refractivity contribution in [2.24, 2.45) is 11.8 Å². The standard InChI is InChI=1S/C13H22N4/c1-2-17(9-11-5-3-6-11)10-12-7-4-8-13(15-12)16-14/h4,7-8,11H,2-3,5-6,9-10,14H2,1H3,(H,15,16). The van der Waals surface area contributed by atoms with Gasteiger partial charge < -0.3 is 5.43 Å². The van der Waals surface area contributed by atoms with Crippen molar-refractivity contribution >= 4 is 5.82 Å². The van der Waals surface area contributed by atoms with Gasteiger partial charge in [-0.3, -0.25) is 4.90 Å². The maximum atomic E-state index is 5.37. The molecular weight excluding hydrogens is 212 g/mol. The van der Waals surface area contributed by atoms with E-state index in [1.807, 2.05) is 12.1 Å². The van der Waals surface area contributed by atoms with Crippen molar-refractivity contribution in [3.63, 3.8) is 0 Å². The third kappa shape index (κ3) is 3.41. The first-order valence-corrected chi connectivity index (χ1v) is 6.46. The average Bonchev–Trinajstić information content (AvgIpc) is 2.32. The molecule has 0 bridgehead atoms. The molecule has 1 aromatic heterocycles. The summed E-state index contributed by atoms with van der Waals surface area (Å²) in [6.07, 6.45) is 4.20. The first kappa shape index (κ1) is 12.3. The van der Waals surface area contributed by atoms with Gasteiger partial charge in [-0.05, 0) is 37.4 Å². The highest BCUT2D eigenvalue weighted by atomic mass is 15.3. The zero-order valence-corrected chi connectivity index (χ0v) is 10.5. The quantitative estimate of drug-likeness (QED) is 0.584. The Kier molecular flexibility index (Phi) is 4.34. The predicted octanol–water partition coefficient (Wildman–Crippen LogP) is 1.99. The number of anilines is 1. The number of aromatic nitrogens is 1. The van der Waals surface area contributed by atoms with Gasteiger partial charge >= 0.3 is 0 Å². The van der Waals surface area contributed by atoms with E-state index in [4.69, 9.17) is 5.84 Å². The molecule has 0 saturated heterocycles. The monoisotopic (exact) mass is 234 g/mol. The van der Waals surface area contributed by atoms with E-state index >= 15 is 0 Å². The summed E-state index contributed by atoms with van der Waals surface area (Å²) >= 11 is 0. The van der Waals surface area contributed by atoms with E-state index in [2.05, 4.69) is 28.3 Å². The molecule has 17 heavy (non-hydrogen) atoms. The van der Waals surface area contributed by atoms with Crippen molar-refractivity contribution in [2.75, 3.05) is 18.5 Å². The smallest absolute Gasteiger partial charge is 0.140 e. The van der Waals surface area contributed by atoms with Crippen molar-refractivity contribution in [3.05, 3.63) is 23.9 Å². The summed E-state index contributed by atoms with van der Waals surface area (Å²) in [6, 6.07) is 5.94. The molecule has 0 aliphatic heterocycles. The Labute approximate surface area is 103 Å². The van der Waals surface area contributed by atoms with E-state index in [1.165, 1.54) is 25.8 Å². The lowest BCUT2D eigenvalue weighted by Crippen LogP contribution is -2.32. The molecule has 1 aliphatic rings. The van der Waals surface area contributed by atoms with Crippen molar-refractivity contribution < 1.29 is 0 Å². The second-order valence-electron chi connectivity index (χ2n) is 4.78. The van der Waals surface area contributed by atoms with Gasteiger partial charge in [0, 0.05) is 13.1 Å². The lowest BCUT2D eigenvalue weighted by molar-refractivity contribution is 0.177. The Balaban J connectivity index is 1.91. The molecule has 0 spiro atoms. The number of hydrogen-bond donors (Lipinski definition) is 2. The summed E-state index contributed by atoms with van der Waals surface area (Å²) in [5.74, 6) is 7.01. The van der Waals surface area contributed by atoms with Gasteiger partial charge in [0.2, 0.25) is 0 Å². The molecule has 0 aromatic carbocycles. The maximum absolute atomic E-state index is 5.37. The minimum atomic E-state index is 0.738. The summed E-state index contributed by atoms with van der Waals surface area (Å²) in [5.41, 5.74) is 3.68. The molecule has 1 aromatic rings. The molecule has 1 heterocycles. The van der Waals surface area contributed by atoms with E-state index in [0.29, 0.717) is 0 Å². The molecule has 1 saturated carbocycles. The largest absolute Gasteiger partial charge is 0.308 e. The van der Waals surface area contributed by atoms with Gasteiger partial charge in [0.05, 0.1) is 5.69 Å². The second-order valence-corrected chi connectivity index (χ2v) is 4.78. The van der Waals surface area contributed by atoms with Crippen molar-refractivity contribution in [3.8, 4) is 0 Å². The van der Waals surface area contributed by atoms with E-state index in [1.54, 1.807) is 0 Å². The Bertz CT molecular complexity index is 349. The lowest BCUT2D eigenvalue weighted by Gasteiger charge is -2.31. The summed E-state index contributed by atoms with van der Waals surface area (Å²) in [7, 11) is 0. The van der Waals surface area contributed by atoms with Crippen LogP contribution in [0.5, 0.6) is 0 Å². The zero-order chi connectivity index (χ0) is 12.1. The van der Waals surface area contributed by atoms with Crippen LogP contribution in [0, 0.1) is 5.92 Å². The number of rotatable bonds is 6. The topological polar surface area (TPSA) is 54.2 Å². The highest BCUT2D eigenvalue weighted by Gasteiger charge is 2.20. The van der Waals surface area contributed by atoms with E-state index in [-0.39, 0.29) is 0 Å². The maximum Gasteiger partial charge on any atom is 0.140 e. The number of pyridine rings is 1. The number of nitrogens with zero attached hydrogens (tertiary/aromatic N) is 2. The van der Waals surface area contributed by atoms with Crippen LogP contribution in [0.1, 0.15) is 31.9 Å². The Hall–Kier alpha value is -1.13. The van der Waals surface area contributed by atoms with Crippen LogP contribution in [0.4, 0.5) is 5.82 Å². The average molecular weight is 234 g/mol. The van der Waals surface area contributed by atoms with Crippen LogP contribution in [0.25, 0.3) is 0 Å². The highest BCUT2D eigenvalue weighted by Crippen LogP contribution is 2.27. The van der Waals surface area contributed by atoms with Crippen molar-refractivity contribution in [1.29, 1.82) is 0 Å². The molecule has 0 atom stereocenters. The van der Waals surface area contributed by atoms with Crippen molar-refractivity contribution in [2.45, 2.75) is 32.7 Å². The molecule has 4 heteroatoms. The third-order valence-corrected chi connectivity index (χ3v) is 3.53. The minimum absolute atomic E-state index is 0.738. The second kappa shape index (κ2) is 5.98. The number of hydrogen-bond acceptors (Lipinski definition) is 4. The molecule has 0 amide bonds. The van der Waals surface area contributed by atoms with Crippen LogP contribution in [0.15, 0.2) is 18.2 Å².